The second kappa shape index (κ2) is 7.96. The van der Waals surface area contributed by atoms with Gasteiger partial charge in [0, 0.05) is 26.2 Å². The van der Waals surface area contributed by atoms with Gasteiger partial charge in [-0.3, -0.25) is 14.7 Å². The average molecular weight is 396 g/mol. The van der Waals surface area contributed by atoms with Crippen molar-refractivity contribution in [2.75, 3.05) is 31.6 Å². The number of fused-ring (bicyclic) bond motifs is 1. The molecule has 2 aromatic heterocycles. The number of morpholine rings is 1. The number of anilines is 1. The van der Waals surface area contributed by atoms with Gasteiger partial charge in [-0.15, -0.1) is 0 Å². The smallest absolute Gasteiger partial charge is 0.263 e. The van der Waals surface area contributed by atoms with E-state index in [-0.39, 0.29) is 11.1 Å². The summed E-state index contributed by atoms with van der Waals surface area (Å²) >= 11 is 0. The van der Waals surface area contributed by atoms with Crippen LogP contribution in [0.1, 0.15) is 31.9 Å². The van der Waals surface area contributed by atoms with Gasteiger partial charge in [0.1, 0.15) is 5.39 Å². The minimum Gasteiger partial charge on any atom is -0.379 e. The van der Waals surface area contributed by atoms with Crippen LogP contribution in [0.15, 0.2) is 35.3 Å². The molecular weight excluding hydrogens is 368 g/mol. The van der Waals surface area contributed by atoms with Crippen LogP contribution in [0.25, 0.3) is 11.0 Å². The number of nitrogens with one attached hydrogen (secondary N) is 2. The fourth-order valence-electron chi connectivity index (χ4n) is 3.46. The Labute approximate surface area is 169 Å². The van der Waals surface area contributed by atoms with Crippen molar-refractivity contribution in [3.05, 3.63) is 51.9 Å². The SMILES string of the molecule is CC(C)(C)n1ncc2c(=O)[nH]c(NCc3ccc(CN4CCOCC4)cc3)nc21. The van der Waals surface area contributed by atoms with Crippen LogP contribution < -0.4 is 10.9 Å². The Bertz CT molecular complexity index is 1030. The maximum Gasteiger partial charge on any atom is 0.263 e. The highest BCUT2D eigenvalue weighted by Gasteiger charge is 2.19. The second-order valence-corrected chi connectivity index (χ2v) is 8.44. The Kier molecular flexibility index (Phi) is 5.38. The zero-order chi connectivity index (χ0) is 20.4. The molecule has 1 fully saturated rings. The average Bonchev–Trinajstić information content (AvgIpc) is 3.13. The summed E-state index contributed by atoms with van der Waals surface area (Å²) in [6.07, 6.45) is 1.57. The summed E-state index contributed by atoms with van der Waals surface area (Å²) < 4.78 is 7.18. The minimum absolute atomic E-state index is 0.186. The maximum atomic E-state index is 12.4. The van der Waals surface area contributed by atoms with Crippen molar-refractivity contribution in [2.24, 2.45) is 0 Å². The molecule has 8 nitrogen and oxygen atoms in total. The van der Waals surface area contributed by atoms with Crippen molar-refractivity contribution in [3.63, 3.8) is 0 Å². The van der Waals surface area contributed by atoms with E-state index in [1.54, 1.807) is 10.9 Å². The third kappa shape index (κ3) is 4.49. The van der Waals surface area contributed by atoms with E-state index in [2.05, 4.69) is 49.5 Å². The lowest BCUT2D eigenvalue weighted by molar-refractivity contribution is 0.0342. The van der Waals surface area contributed by atoms with Gasteiger partial charge in [0.05, 0.1) is 24.9 Å². The summed E-state index contributed by atoms with van der Waals surface area (Å²) in [5.41, 5.74) is 2.56. The molecule has 0 unspecified atom stereocenters. The topological polar surface area (TPSA) is 88.1 Å². The molecule has 29 heavy (non-hydrogen) atoms. The molecule has 1 saturated heterocycles. The predicted octanol–water partition coefficient (Wildman–Crippen LogP) is 2.32. The third-order valence-corrected chi connectivity index (χ3v) is 5.07. The van der Waals surface area contributed by atoms with Crippen molar-refractivity contribution in [3.8, 4) is 0 Å². The standard InChI is InChI=1S/C21H28N6O2/c1-21(2,3)27-18-17(13-23-27)19(28)25-20(24-18)22-12-15-4-6-16(7-5-15)14-26-8-10-29-11-9-26/h4-7,13H,8-12,14H2,1-3H3,(H2,22,24,25,28). The van der Waals surface area contributed by atoms with E-state index in [4.69, 9.17) is 4.74 Å². The van der Waals surface area contributed by atoms with E-state index in [9.17, 15) is 4.79 Å². The molecule has 0 bridgehead atoms. The fourth-order valence-corrected chi connectivity index (χ4v) is 3.46. The molecule has 0 amide bonds. The number of aromatic amines is 1. The van der Waals surface area contributed by atoms with Crippen molar-refractivity contribution >= 4 is 17.0 Å². The minimum atomic E-state index is -0.254. The van der Waals surface area contributed by atoms with Crippen LogP contribution in [0.4, 0.5) is 5.95 Å². The highest BCUT2D eigenvalue weighted by Crippen LogP contribution is 2.19. The molecule has 0 spiro atoms. The van der Waals surface area contributed by atoms with E-state index < -0.39 is 0 Å². The predicted molar refractivity (Wildman–Crippen MR) is 113 cm³/mol. The molecule has 154 valence electrons. The van der Waals surface area contributed by atoms with Gasteiger partial charge < -0.3 is 10.1 Å². The molecule has 1 aromatic carbocycles. The van der Waals surface area contributed by atoms with E-state index in [0.29, 0.717) is 23.5 Å². The Morgan fingerprint density at radius 2 is 1.83 bits per heavy atom. The van der Waals surface area contributed by atoms with Crippen LogP contribution in [-0.2, 0) is 23.4 Å². The van der Waals surface area contributed by atoms with E-state index in [0.717, 1.165) is 38.4 Å². The van der Waals surface area contributed by atoms with Gasteiger partial charge in [0.2, 0.25) is 5.95 Å². The Morgan fingerprint density at radius 3 is 2.52 bits per heavy atom. The zero-order valence-corrected chi connectivity index (χ0v) is 17.2. The normalized spacial score (nSPS) is 15.7. The molecule has 4 rings (SSSR count). The lowest BCUT2D eigenvalue weighted by Gasteiger charge is -2.26. The first kappa shape index (κ1) is 19.6. The number of benzene rings is 1. The first-order valence-corrected chi connectivity index (χ1v) is 10.0. The van der Waals surface area contributed by atoms with Crippen LogP contribution in [-0.4, -0.2) is 51.0 Å². The number of H-pyrrole nitrogens is 1. The van der Waals surface area contributed by atoms with Crippen LogP contribution >= 0.6 is 0 Å². The summed E-state index contributed by atoms with van der Waals surface area (Å²) in [5, 5.41) is 8.07. The Balaban J connectivity index is 1.44. The molecule has 0 atom stereocenters. The highest BCUT2D eigenvalue weighted by atomic mass is 16.5. The van der Waals surface area contributed by atoms with Gasteiger partial charge >= 0.3 is 0 Å². The molecule has 3 heterocycles. The zero-order valence-electron chi connectivity index (χ0n) is 17.2. The van der Waals surface area contributed by atoms with Crippen LogP contribution in [0, 0.1) is 0 Å². The number of aromatic nitrogens is 4. The number of hydrogen-bond acceptors (Lipinski definition) is 6. The summed E-state index contributed by atoms with van der Waals surface area (Å²) in [6.45, 7) is 11.2. The highest BCUT2D eigenvalue weighted by molar-refractivity contribution is 5.74. The van der Waals surface area contributed by atoms with Gasteiger partial charge in [-0.05, 0) is 31.9 Å². The van der Waals surface area contributed by atoms with Crippen LogP contribution in [0.5, 0.6) is 0 Å². The van der Waals surface area contributed by atoms with Crippen LogP contribution in [0.2, 0.25) is 0 Å². The number of ether oxygens (including phenoxy) is 1. The Morgan fingerprint density at radius 1 is 1.14 bits per heavy atom. The second-order valence-electron chi connectivity index (χ2n) is 8.44. The van der Waals surface area contributed by atoms with Crippen molar-refractivity contribution in [1.82, 2.24) is 24.6 Å². The molecule has 0 saturated carbocycles. The van der Waals surface area contributed by atoms with Gasteiger partial charge in [-0.25, -0.2) is 4.68 Å². The fraction of sp³-hybridized carbons (Fsp3) is 0.476. The number of nitrogens with zero attached hydrogens (tertiary/aromatic N) is 4. The molecular formula is C21H28N6O2. The quantitative estimate of drug-likeness (QED) is 0.688. The molecule has 0 radical (unpaired) electrons. The third-order valence-electron chi connectivity index (χ3n) is 5.07. The molecule has 2 N–H and O–H groups in total. The van der Waals surface area contributed by atoms with Crippen molar-refractivity contribution in [2.45, 2.75) is 39.4 Å². The molecule has 8 heteroatoms. The molecule has 3 aromatic rings. The number of hydrogen-bond donors (Lipinski definition) is 2. The largest absolute Gasteiger partial charge is 0.379 e. The summed E-state index contributed by atoms with van der Waals surface area (Å²) in [5.74, 6) is 0.450. The van der Waals surface area contributed by atoms with Gasteiger partial charge in [-0.2, -0.15) is 10.1 Å². The Hall–Kier alpha value is -2.71. The van der Waals surface area contributed by atoms with E-state index in [1.165, 1.54) is 5.56 Å². The van der Waals surface area contributed by atoms with Gasteiger partial charge in [-0.1, -0.05) is 24.3 Å². The first-order valence-electron chi connectivity index (χ1n) is 10.0. The van der Waals surface area contributed by atoms with Crippen LogP contribution in [0.3, 0.4) is 0 Å². The van der Waals surface area contributed by atoms with Crippen molar-refractivity contribution in [1.29, 1.82) is 0 Å². The summed E-state index contributed by atoms with van der Waals surface area (Å²) in [7, 11) is 0. The summed E-state index contributed by atoms with van der Waals surface area (Å²) in [4.78, 5) is 22.2. The van der Waals surface area contributed by atoms with Gasteiger partial charge in [0.25, 0.3) is 5.56 Å². The number of rotatable bonds is 5. The maximum absolute atomic E-state index is 12.4. The molecule has 1 aliphatic rings. The lowest BCUT2D eigenvalue weighted by atomic mass is 10.1. The molecule has 1 aliphatic heterocycles. The first-order chi connectivity index (χ1) is 13.9. The lowest BCUT2D eigenvalue weighted by Crippen LogP contribution is -2.35. The molecule has 0 aliphatic carbocycles. The van der Waals surface area contributed by atoms with Gasteiger partial charge in [0.15, 0.2) is 5.65 Å². The monoisotopic (exact) mass is 396 g/mol. The summed E-state index contributed by atoms with van der Waals surface area (Å²) in [6, 6.07) is 8.53. The van der Waals surface area contributed by atoms with E-state index >= 15 is 0 Å². The van der Waals surface area contributed by atoms with E-state index in [1.807, 2.05) is 20.8 Å². The van der Waals surface area contributed by atoms with Crippen molar-refractivity contribution < 1.29 is 4.74 Å².